The van der Waals surface area contributed by atoms with Crippen LogP contribution in [0.15, 0.2) is 0 Å². The first-order chi connectivity index (χ1) is 5.79. The second kappa shape index (κ2) is 2.69. The standard InChI is InChI=1S/C9H17NO2/c1-2-8(4-11-5-8)9(3-10)6-12-7-9/h2-7,10H2,1H3. The summed E-state index contributed by atoms with van der Waals surface area (Å²) in [6.45, 7) is 6.39. The van der Waals surface area contributed by atoms with E-state index in [1.165, 1.54) is 0 Å². The van der Waals surface area contributed by atoms with E-state index in [1.807, 2.05) is 0 Å². The SMILES string of the molecule is CCC1(C2(CN)COC2)COC1. The van der Waals surface area contributed by atoms with Crippen molar-refractivity contribution in [1.29, 1.82) is 0 Å². The van der Waals surface area contributed by atoms with E-state index < -0.39 is 0 Å². The molecule has 2 aliphatic heterocycles. The van der Waals surface area contributed by atoms with Crippen molar-refractivity contribution in [2.75, 3.05) is 33.0 Å². The lowest BCUT2D eigenvalue weighted by atomic mass is 9.59. The molecular formula is C9H17NO2. The van der Waals surface area contributed by atoms with Crippen molar-refractivity contribution in [2.24, 2.45) is 16.6 Å². The van der Waals surface area contributed by atoms with Crippen LogP contribution in [0.3, 0.4) is 0 Å². The molecule has 2 aliphatic rings. The maximum absolute atomic E-state index is 5.80. The number of nitrogens with two attached hydrogens (primary N) is 1. The summed E-state index contributed by atoms with van der Waals surface area (Å²) < 4.78 is 10.6. The van der Waals surface area contributed by atoms with Crippen molar-refractivity contribution in [2.45, 2.75) is 13.3 Å². The van der Waals surface area contributed by atoms with Crippen LogP contribution in [0.5, 0.6) is 0 Å². The van der Waals surface area contributed by atoms with Gasteiger partial charge in [0.15, 0.2) is 0 Å². The zero-order valence-electron chi connectivity index (χ0n) is 7.64. The predicted molar refractivity (Wildman–Crippen MR) is 45.8 cm³/mol. The van der Waals surface area contributed by atoms with Crippen molar-refractivity contribution in [3.63, 3.8) is 0 Å². The summed E-state index contributed by atoms with van der Waals surface area (Å²) in [7, 11) is 0. The summed E-state index contributed by atoms with van der Waals surface area (Å²) in [5.41, 5.74) is 6.37. The van der Waals surface area contributed by atoms with Crippen LogP contribution in [0.4, 0.5) is 0 Å². The van der Waals surface area contributed by atoms with Crippen LogP contribution in [0.25, 0.3) is 0 Å². The second-order valence-corrected chi connectivity index (χ2v) is 4.10. The summed E-state index contributed by atoms with van der Waals surface area (Å²) in [5.74, 6) is 0. The van der Waals surface area contributed by atoms with Gasteiger partial charge in [-0.05, 0) is 6.42 Å². The molecule has 3 heteroatoms. The van der Waals surface area contributed by atoms with E-state index in [9.17, 15) is 0 Å². The molecule has 2 heterocycles. The topological polar surface area (TPSA) is 44.5 Å². The van der Waals surface area contributed by atoms with Gasteiger partial charge in [0.05, 0.1) is 26.4 Å². The molecule has 2 fully saturated rings. The number of hydrogen-bond donors (Lipinski definition) is 1. The van der Waals surface area contributed by atoms with Gasteiger partial charge in [-0.2, -0.15) is 0 Å². The first-order valence-electron chi connectivity index (χ1n) is 4.64. The number of ether oxygens (including phenoxy) is 2. The largest absolute Gasteiger partial charge is 0.380 e. The lowest BCUT2D eigenvalue weighted by molar-refractivity contribution is -0.264. The van der Waals surface area contributed by atoms with Gasteiger partial charge in [0, 0.05) is 17.4 Å². The maximum Gasteiger partial charge on any atom is 0.0564 e. The van der Waals surface area contributed by atoms with Crippen LogP contribution in [0.1, 0.15) is 13.3 Å². The minimum absolute atomic E-state index is 0.236. The van der Waals surface area contributed by atoms with Gasteiger partial charge in [0.25, 0.3) is 0 Å². The molecule has 70 valence electrons. The quantitative estimate of drug-likeness (QED) is 0.668. The van der Waals surface area contributed by atoms with E-state index in [2.05, 4.69) is 6.92 Å². The molecule has 0 unspecified atom stereocenters. The van der Waals surface area contributed by atoms with Crippen LogP contribution in [0.2, 0.25) is 0 Å². The minimum atomic E-state index is 0.236. The van der Waals surface area contributed by atoms with E-state index >= 15 is 0 Å². The summed E-state index contributed by atoms with van der Waals surface area (Å²) in [4.78, 5) is 0. The van der Waals surface area contributed by atoms with E-state index in [0.717, 1.165) is 39.4 Å². The van der Waals surface area contributed by atoms with Crippen LogP contribution < -0.4 is 5.73 Å². The Morgan fingerprint density at radius 1 is 1.08 bits per heavy atom. The third-order valence-electron chi connectivity index (χ3n) is 3.71. The molecular weight excluding hydrogens is 154 g/mol. The molecule has 0 saturated carbocycles. The fraction of sp³-hybridized carbons (Fsp3) is 1.00. The third kappa shape index (κ3) is 0.817. The van der Waals surface area contributed by atoms with E-state index in [1.54, 1.807) is 0 Å². The van der Waals surface area contributed by atoms with E-state index in [-0.39, 0.29) is 5.41 Å². The fourth-order valence-corrected chi connectivity index (χ4v) is 2.22. The van der Waals surface area contributed by atoms with Crippen molar-refractivity contribution < 1.29 is 9.47 Å². The third-order valence-corrected chi connectivity index (χ3v) is 3.71. The smallest absolute Gasteiger partial charge is 0.0564 e. The number of hydrogen-bond acceptors (Lipinski definition) is 3. The zero-order valence-corrected chi connectivity index (χ0v) is 7.64. The maximum atomic E-state index is 5.80. The summed E-state index contributed by atoms with van der Waals surface area (Å²) in [6.07, 6.45) is 1.16. The molecule has 0 aliphatic carbocycles. The second-order valence-electron chi connectivity index (χ2n) is 4.10. The van der Waals surface area contributed by atoms with E-state index in [0.29, 0.717) is 5.41 Å². The summed E-state index contributed by atoms with van der Waals surface area (Å²) in [5, 5.41) is 0. The molecule has 0 atom stereocenters. The molecule has 0 aromatic carbocycles. The monoisotopic (exact) mass is 171 g/mol. The van der Waals surface area contributed by atoms with Crippen molar-refractivity contribution in [1.82, 2.24) is 0 Å². The fourth-order valence-electron chi connectivity index (χ4n) is 2.22. The molecule has 0 amide bonds. The molecule has 0 aromatic heterocycles. The van der Waals surface area contributed by atoms with Gasteiger partial charge in [-0.1, -0.05) is 6.92 Å². The van der Waals surface area contributed by atoms with Crippen molar-refractivity contribution in [3.05, 3.63) is 0 Å². The van der Waals surface area contributed by atoms with Crippen LogP contribution in [-0.4, -0.2) is 33.0 Å². The molecule has 0 radical (unpaired) electrons. The van der Waals surface area contributed by atoms with Gasteiger partial charge in [-0.25, -0.2) is 0 Å². The first-order valence-corrected chi connectivity index (χ1v) is 4.64. The highest BCUT2D eigenvalue weighted by molar-refractivity contribution is 5.05. The predicted octanol–water partition coefficient (Wildman–Crippen LogP) is 0.388. The highest BCUT2D eigenvalue weighted by atomic mass is 16.5. The van der Waals surface area contributed by atoms with Gasteiger partial charge in [-0.15, -0.1) is 0 Å². The Kier molecular flexibility index (Phi) is 1.90. The molecule has 12 heavy (non-hydrogen) atoms. The molecule has 0 bridgehead atoms. The van der Waals surface area contributed by atoms with Crippen molar-refractivity contribution >= 4 is 0 Å². The Bertz CT molecular complexity index is 142. The number of rotatable bonds is 3. The van der Waals surface area contributed by atoms with Gasteiger partial charge < -0.3 is 15.2 Å². The average molecular weight is 171 g/mol. The highest BCUT2D eigenvalue weighted by Crippen LogP contribution is 2.51. The molecule has 3 nitrogen and oxygen atoms in total. The Morgan fingerprint density at radius 2 is 1.58 bits per heavy atom. The van der Waals surface area contributed by atoms with Crippen LogP contribution in [0, 0.1) is 10.8 Å². The Balaban J connectivity index is 2.13. The van der Waals surface area contributed by atoms with Crippen molar-refractivity contribution in [3.8, 4) is 0 Å². The lowest BCUT2D eigenvalue weighted by Gasteiger charge is -2.58. The van der Waals surface area contributed by atoms with Gasteiger partial charge >= 0.3 is 0 Å². The average Bonchev–Trinajstić information content (AvgIpc) is 1.92. The molecule has 2 rings (SSSR count). The van der Waals surface area contributed by atoms with Gasteiger partial charge in [0.1, 0.15) is 0 Å². The van der Waals surface area contributed by atoms with Gasteiger partial charge in [0.2, 0.25) is 0 Å². The summed E-state index contributed by atoms with van der Waals surface area (Å²) in [6, 6.07) is 0. The Labute approximate surface area is 73.2 Å². The molecule has 2 saturated heterocycles. The molecule has 0 spiro atoms. The minimum Gasteiger partial charge on any atom is -0.380 e. The summed E-state index contributed by atoms with van der Waals surface area (Å²) >= 11 is 0. The highest BCUT2D eigenvalue weighted by Gasteiger charge is 2.58. The van der Waals surface area contributed by atoms with E-state index in [4.69, 9.17) is 15.2 Å². The first kappa shape index (κ1) is 8.48. The Hall–Kier alpha value is -0.120. The normalized spacial score (nSPS) is 30.5. The zero-order chi connectivity index (χ0) is 8.66. The lowest BCUT2D eigenvalue weighted by Crippen LogP contribution is -2.66. The van der Waals surface area contributed by atoms with Crippen LogP contribution in [-0.2, 0) is 9.47 Å². The Morgan fingerprint density at radius 3 is 1.67 bits per heavy atom. The van der Waals surface area contributed by atoms with Crippen LogP contribution >= 0.6 is 0 Å². The van der Waals surface area contributed by atoms with Gasteiger partial charge in [-0.3, -0.25) is 0 Å². The molecule has 2 N–H and O–H groups in total. The molecule has 0 aromatic rings.